The third-order valence-electron chi connectivity index (χ3n) is 2.34. The topological polar surface area (TPSA) is 38.0 Å². The first-order chi connectivity index (χ1) is 6.86. The van der Waals surface area contributed by atoms with Crippen molar-refractivity contribution in [2.75, 3.05) is 19.6 Å². The van der Waals surface area contributed by atoms with E-state index in [-0.39, 0.29) is 0 Å². The Labute approximate surface area is 86.5 Å². The largest absolute Gasteiger partial charge is 0.329 e. The molecule has 0 unspecified atom stereocenters. The Morgan fingerprint density at radius 1 is 1.07 bits per heavy atom. The van der Waals surface area contributed by atoms with Gasteiger partial charge in [-0.05, 0) is 30.5 Å². The average molecular weight is 192 g/mol. The third kappa shape index (κ3) is 3.90. The molecular weight excluding hydrogens is 172 g/mol. The SMILES string of the molecule is CCc1ccc(CCNCCN)cc1. The molecule has 1 rings (SSSR count). The molecule has 2 heteroatoms. The molecule has 0 bridgehead atoms. The van der Waals surface area contributed by atoms with Crippen LogP contribution >= 0.6 is 0 Å². The zero-order valence-electron chi connectivity index (χ0n) is 8.92. The highest BCUT2D eigenvalue weighted by molar-refractivity contribution is 5.22. The van der Waals surface area contributed by atoms with Gasteiger partial charge in [-0.25, -0.2) is 0 Å². The molecule has 0 saturated carbocycles. The van der Waals surface area contributed by atoms with E-state index in [4.69, 9.17) is 5.73 Å². The molecule has 3 N–H and O–H groups in total. The molecule has 78 valence electrons. The molecule has 0 saturated heterocycles. The fourth-order valence-corrected chi connectivity index (χ4v) is 1.40. The van der Waals surface area contributed by atoms with E-state index in [2.05, 4.69) is 36.5 Å². The lowest BCUT2D eigenvalue weighted by molar-refractivity contribution is 0.689. The van der Waals surface area contributed by atoms with Crippen LogP contribution in [-0.4, -0.2) is 19.6 Å². The van der Waals surface area contributed by atoms with Gasteiger partial charge in [-0.1, -0.05) is 31.2 Å². The quantitative estimate of drug-likeness (QED) is 0.668. The minimum absolute atomic E-state index is 0.717. The molecule has 1 aromatic carbocycles. The Morgan fingerprint density at radius 2 is 1.71 bits per heavy atom. The van der Waals surface area contributed by atoms with Gasteiger partial charge in [0.1, 0.15) is 0 Å². The third-order valence-corrected chi connectivity index (χ3v) is 2.34. The lowest BCUT2D eigenvalue weighted by Gasteiger charge is -2.04. The maximum Gasteiger partial charge on any atom is 0.00746 e. The minimum atomic E-state index is 0.717. The van der Waals surface area contributed by atoms with E-state index in [1.54, 1.807) is 0 Å². The van der Waals surface area contributed by atoms with Crippen molar-refractivity contribution < 1.29 is 0 Å². The number of hydrogen-bond donors (Lipinski definition) is 2. The van der Waals surface area contributed by atoms with Crippen LogP contribution in [0.2, 0.25) is 0 Å². The summed E-state index contributed by atoms with van der Waals surface area (Å²) in [6.07, 6.45) is 2.20. The number of rotatable bonds is 6. The van der Waals surface area contributed by atoms with E-state index >= 15 is 0 Å². The lowest BCUT2D eigenvalue weighted by Crippen LogP contribution is -2.24. The molecule has 0 aliphatic carbocycles. The van der Waals surface area contributed by atoms with Gasteiger partial charge < -0.3 is 11.1 Å². The fraction of sp³-hybridized carbons (Fsp3) is 0.500. The molecule has 0 fully saturated rings. The van der Waals surface area contributed by atoms with Crippen LogP contribution in [0.3, 0.4) is 0 Å². The molecule has 0 aliphatic rings. The highest BCUT2D eigenvalue weighted by Crippen LogP contribution is 2.04. The standard InChI is InChI=1S/C12H20N2/c1-2-11-3-5-12(6-4-11)7-9-14-10-8-13/h3-6,14H,2,7-10,13H2,1H3. The Morgan fingerprint density at radius 3 is 2.29 bits per heavy atom. The van der Waals surface area contributed by atoms with Crippen molar-refractivity contribution in [3.63, 3.8) is 0 Å². The van der Waals surface area contributed by atoms with Gasteiger partial charge >= 0.3 is 0 Å². The maximum absolute atomic E-state index is 5.38. The Kier molecular flexibility index (Phi) is 5.27. The number of aryl methyl sites for hydroxylation is 1. The molecule has 2 nitrogen and oxygen atoms in total. The zero-order valence-corrected chi connectivity index (χ0v) is 8.92. The van der Waals surface area contributed by atoms with Gasteiger partial charge in [0.05, 0.1) is 0 Å². The summed E-state index contributed by atoms with van der Waals surface area (Å²) in [7, 11) is 0. The fourth-order valence-electron chi connectivity index (χ4n) is 1.40. The van der Waals surface area contributed by atoms with Crippen LogP contribution in [0.5, 0.6) is 0 Å². The highest BCUT2D eigenvalue weighted by atomic mass is 14.9. The van der Waals surface area contributed by atoms with E-state index in [1.807, 2.05) is 0 Å². The molecule has 0 amide bonds. The molecule has 14 heavy (non-hydrogen) atoms. The lowest BCUT2D eigenvalue weighted by atomic mass is 10.1. The summed E-state index contributed by atoms with van der Waals surface area (Å²) in [6, 6.07) is 8.84. The number of nitrogens with two attached hydrogens (primary N) is 1. The van der Waals surface area contributed by atoms with E-state index in [9.17, 15) is 0 Å². The van der Waals surface area contributed by atoms with Gasteiger partial charge in [0.15, 0.2) is 0 Å². The Hall–Kier alpha value is -0.860. The van der Waals surface area contributed by atoms with Crippen molar-refractivity contribution in [3.05, 3.63) is 35.4 Å². The molecule has 0 aromatic heterocycles. The van der Waals surface area contributed by atoms with E-state index in [0.717, 1.165) is 32.5 Å². The van der Waals surface area contributed by atoms with Gasteiger partial charge in [0.2, 0.25) is 0 Å². The van der Waals surface area contributed by atoms with E-state index in [0.29, 0.717) is 0 Å². The first-order valence-electron chi connectivity index (χ1n) is 5.35. The summed E-state index contributed by atoms with van der Waals surface area (Å²) < 4.78 is 0. The van der Waals surface area contributed by atoms with Gasteiger partial charge in [0, 0.05) is 13.1 Å². The predicted octanol–water partition coefficient (Wildman–Crippen LogP) is 1.34. The Bertz CT molecular complexity index is 241. The second-order valence-electron chi connectivity index (χ2n) is 3.46. The molecule has 0 radical (unpaired) electrons. The van der Waals surface area contributed by atoms with Gasteiger partial charge in [0.25, 0.3) is 0 Å². The number of hydrogen-bond acceptors (Lipinski definition) is 2. The molecule has 0 aliphatic heterocycles. The monoisotopic (exact) mass is 192 g/mol. The maximum atomic E-state index is 5.38. The molecule has 1 aromatic rings. The second-order valence-corrected chi connectivity index (χ2v) is 3.46. The van der Waals surface area contributed by atoms with Crippen LogP contribution in [0.1, 0.15) is 18.1 Å². The summed E-state index contributed by atoms with van der Waals surface area (Å²) >= 11 is 0. The van der Waals surface area contributed by atoms with Crippen LogP contribution < -0.4 is 11.1 Å². The average Bonchev–Trinajstić information content (AvgIpc) is 2.25. The molecule has 0 spiro atoms. The normalized spacial score (nSPS) is 10.4. The highest BCUT2D eigenvalue weighted by Gasteiger charge is 1.93. The van der Waals surface area contributed by atoms with E-state index in [1.165, 1.54) is 11.1 Å². The van der Waals surface area contributed by atoms with Crippen LogP contribution in [-0.2, 0) is 12.8 Å². The van der Waals surface area contributed by atoms with Gasteiger partial charge in [-0.3, -0.25) is 0 Å². The van der Waals surface area contributed by atoms with Crippen LogP contribution in [0, 0.1) is 0 Å². The van der Waals surface area contributed by atoms with Crippen LogP contribution in [0.15, 0.2) is 24.3 Å². The number of nitrogens with one attached hydrogen (secondary N) is 1. The molecular formula is C12H20N2. The van der Waals surface area contributed by atoms with Gasteiger partial charge in [-0.2, -0.15) is 0 Å². The molecule has 0 atom stereocenters. The Balaban J connectivity index is 2.29. The van der Waals surface area contributed by atoms with E-state index < -0.39 is 0 Å². The predicted molar refractivity (Wildman–Crippen MR) is 61.4 cm³/mol. The summed E-state index contributed by atoms with van der Waals surface area (Å²) in [4.78, 5) is 0. The van der Waals surface area contributed by atoms with Crippen molar-refractivity contribution >= 4 is 0 Å². The first kappa shape index (κ1) is 11.2. The van der Waals surface area contributed by atoms with Crippen molar-refractivity contribution in [1.82, 2.24) is 5.32 Å². The zero-order chi connectivity index (χ0) is 10.2. The van der Waals surface area contributed by atoms with Crippen molar-refractivity contribution in [2.45, 2.75) is 19.8 Å². The van der Waals surface area contributed by atoms with Crippen LogP contribution in [0.4, 0.5) is 0 Å². The van der Waals surface area contributed by atoms with Crippen LogP contribution in [0.25, 0.3) is 0 Å². The first-order valence-corrected chi connectivity index (χ1v) is 5.35. The van der Waals surface area contributed by atoms with Crippen molar-refractivity contribution in [3.8, 4) is 0 Å². The minimum Gasteiger partial charge on any atom is -0.329 e. The van der Waals surface area contributed by atoms with Gasteiger partial charge in [-0.15, -0.1) is 0 Å². The summed E-state index contributed by atoms with van der Waals surface area (Å²) in [5, 5.41) is 3.29. The smallest absolute Gasteiger partial charge is 0.00746 e. The summed E-state index contributed by atoms with van der Waals surface area (Å²) in [6.45, 7) is 4.82. The van der Waals surface area contributed by atoms with Crippen molar-refractivity contribution in [2.24, 2.45) is 5.73 Å². The number of benzene rings is 1. The van der Waals surface area contributed by atoms with Crippen molar-refractivity contribution in [1.29, 1.82) is 0 Å². The second kappa shape index (κ2) is 6.57. The molecule has 0 heterocycles. The summed E-state index contributed by atoms with van der Waals surface area (Å²) in [5.41, 5.74) is 8.18. The summed E-state index contributed by atoms with van der Waals surface area (Å²) in [5.74, 6) is 0.